The molecule has 1 heterocycles. The number of aromatic nitrogens is 1. The molecule has 0 aliphatic rings. The summed E-state index contributed by atoms with van der Waals surface area (Å²) in [6, 6.07) is 7.05. The van der Waals surface area contributed by atoms with Crippen molar-refractivity contribution in [3.8, 4) is 0 Å². The molecule has 1 aromatic carbocycles. The minimum absolute atomic E-state index is 0.0128. The van der Waals surface area contributed by atoms with Crippen molar-refractivity contribution >= 4 is 29.0 Å². The molecule has 0 saturated carbocycles. The summed E-state index contributed by atoms with van der Waals surface area (Å²) in [7, 11) is 0. The fourth-order valence-corrected chi connectivity index (χ4v) is 1.82. The summed E-state index contributed by atoms with van der Waals surface area (Å²) in [5, 5.41) is 0.422. The Bertz CT molecular complexity index is 586. The Labute approximate surface area is 107 Å². The first-order chi connectivity index (χ1) is 8.09. The molecule has 0 N–H and O–H groups in total. The van der Waals surface area contributed by atoms with Gasteiger partial charge in [0.25, 0.3) is 0 Å². The van der Waals surface area contributed by atoms with E-state index in [0.29, 0.717) is 5.02 Å². The van der Waals surface area contributed by atoms with Gasteiger partial charge in [0, 0.05) is 6.20 Å². The summed E-state index contributed by atoms with van der Waals surface area (Å²) in [6.07, 6.45) is 1.29. The smallest absolute Gasteiger partial charge is 0.215 e. The Kier molecular flexibility index (Phi) is 3.41. The fourth-order valence-electron chi connectivity index (χ4n) is 1.35. The summed E-state index contributed by atoms with van der Waals surface area (Å²) < 4.78 is 13.4. The molecule has 0 atom stereocenters. The zero-order valence-corrected chi connectivity index (χ0v) is 9.97. The second kappa shape index (κ2) is 4.82. The second-order valence-corrected chi connectivity index (χ2v) is 4.14. The third-order valence-corrected chi connectivity index (χ3v) is 2.64. The van der Waals surface area contributed by atoms with Gasteiger partial charge in [0.05, 0.1) is 15.6 Å². The molecule has 0 bridgehead atoms. The lowest BCUT2D eigenvalue weighted by Gasteiger charge is -2.03. The summed E-state index contributed by atoms with van der Waals surface area (Å²) in [5.74, 6) is -1.17. The maximum absolute atomic E-state index is 13.4. The average molecular weight is 270 g/mol. The number of rotatable bonds is 2. The lowest BCUT2D eigenvalue weighted by atomic mass is 10.1. The number of nitrogens with zero attached hydrogens (tertiary/aromatic N) is 1. The van der Waals surface area contributed by atoms with E-state index in [4.69, 9.17) is 23.2 Å². The van der Waals surface area contributed by atoms with Crippen LogP contribution in [0.4, 0.5) is 4.39 Å². The summed E-state index contributed by atoms with van der Waals surface area (Å²) >= 11 is 11.5. The van der Waals surface area contributed by atoms with Crippen molar-refractivity contribution in [2.24, 2.45) is 0 Å². The van der Waals surface area contributed by atoms with Crippen LogP contribution >= 0.6 is 23.2 Å². The molecule has 0 aliphatic carbocycles. The molecule has 86 valence electrons. The van der Waals surface area contributed by atoms with Gasteiger partial charge in [-0.15, -0.1) is 0 Å². The van der Waals surface area contributed by atoms with Gasteiger partial charge in [0.2, 0.25) is 5.78 Å². The zero-order chi connectivity index (χ0) is 12.4. The molecule has 0 unspecified atom stereocenters. The van der Waals surface area contributed by atoms with E-state index in [1.807, 2.05) is 0 Å². The highest BCUT2D eigenvalue weighted by Crippen LogP contribution is 2.21. The minimum atomic E-state index is -0.606. The molecule has 2 nitrogen and oxygen atoms in total. The molecule has 2 aromatic rings. The van der Waals surface area contributed by atoms with Gasteiger partial charge in [-0.3, -0.25) is 4.79 Å². The van der Waals surface area contributed by atoms with Crippen LogP contribution in [0.25, 0.3) is 0 Å². The molecule has 0 saturated heterocycles. The zero-order valence-electron chi connectivity index (χ0n) is 8.45. The van der Waals surface area contributed by atoms with Crippen LogP contribution in [-0.2, 0) is 0 Å². The maximum Gasteiger partial charge on any atom is 0.215 e. The van der Waals surface area contributed by atoms with Crippen molar-refractivity contribution in [3.05, 3.63) is 63.6 Å². The summed E-state index contributed by atoms with van der Waals surface area (Å²) in [4.78, 5) is 15.8. The highest BCUT2D eigenvalue weighted by atomic mass is 35.5. The van der Waals surface area contributed by atoms with Gasteiger partial charge in [-0.1, -0.05) is 35.3 Å². The van der Waals surface area contributed by atoms with Crippen LogP contribution in [0.1, 0.15) is 16.1 Å². The van der Waals surface area contributed by atoms with Crippen LogP contribution in [0.5, 0.6) is 0 Å². The number of carbonyl (C=O) groups excluding carboxylic acids is 1. The third kappa shape index (κ3) is 2.46. The Balaban J connectivity index is 2.48. The third-order valence-electron chi connectivity index (χ3n) is 2.14. The van der Waals surface area contributed by atoms with E-state index >= 15 is 0 Å². The number of hydrogen-bond acceptors (Lipinski definition) is 2. The van der Waals surface area contributed by atoms with Crippen LogP contribution in [0, 0.1) is 5.82 Å². The monoisotopic (exact) mass is 269 g/mol. The standard InChI is InChI=1S/C12H6Cl2FNO/c13-7-5-9(14)11(16-6-7)12(17)8-3-1-2-4-10(8)15/h1-6H. The number of benzene rings is 1. The van der Waals surface area contributed by atoms with Crippen molar-refractivity contribution in [2.75, 3.05) is 0 Å². The first-order valence-electron chi connectivity index (χ1n) is 4.70. The van der Waals surface area contributed by atoms with Crippen molar-refractivity contribution in [2.45, 2.75) is 0 Å². The number of ketones is 1. The predicted octanol–water partition coefficient (Wildman–Crippen LogP) is 3.76. The van der Waals surface area contributed by atoms with E-state index in [-0.39, 0.29) is 16.3 Å². The fraction of sp³-hybridized carbons (Fsp3) is 0. The van der Waals surface area contributed by atoms with E-state index in [1.54, 1.807) is 6.07 Å². The number of pyridine rings is 1. The molecule has 5 heteroatoms. The predicted molar refractivity (Wildman–Crippen MR) is 64.1 cm³/mol. The molecule has 17 heavy (non-hydrogen) atoms. The van der Waals surface area contributed by atoms with Crippen molar-refractivity contribution in [3.63, 3.8) is 0 Å². The highest BCUT2D eigenvalue weighted by Gasteiger charge is 2.17. The van der Waals surface area contributed by atoms with Crippen LogP contribution in [0.15, 0.2) is 36.5 Å². The Morgan fingerprint density at radius 1 is 1.24 bits per heavy atom. The molecule has 2 rings (SSSR count). The van der Waals surface area contributed by atoms with E-state index in [0.717, 1.165) is 0 Å². The quantitative estimate of drug-likeness (QED) is 0.778. The van der Waals surface area contributed by atoms with Gasteiger partial charge in [-0.2, -0.15) is 0 Å². The molecule has 0 spiro atoms. The van der Waals surface area contributed by atoms with Crippen LogP contribution in [0.3, 0.4) is 0 Å². The molecule has 0 aliphatic heterocycles. The van der Waals surface area contributed by atoms with Crippen LogP contribution in [0.2, 0.25) is 10.0 Å². The Hall–Kier alpha value is -1.45. The number of carbonyl (C=O) groups is 1. The summed E-state index contributed by atoms with van der Waals surface area (Å²) in [6.45, 7) is 0. The highest BCUT2D eigenvalue weighted by molar-refractivity contribution is 6.37. The van der Waals surface area contributed by atoms with Gasteiger partial charge in [-0.25, -0.2) is 9.37 Å². The van der Waals surface area contributed by atoms with Crippen LogP contribution < -0.4 is 0 Å². The molecular formula is C12H6Cl2FNO. The van der Waals surface area contributed by atoms with Gasteiger partial charge < -0.3 is 0 Å². The van der Waals surface area contributed by atoms with Gasteiger partial charge in [0.1, 0.15) is 11.5 Å². The first kappa shape index (κ1) is 12.0. The summed E-state index contributed by atoms with van der Waals surface area (Å²) in [5.41, 5.74) is -0.0783. The largest absolute Gasteiger partial charge is 0.287 e. The Morgan fingerprint density at radius 3 is 2.59 bits per heavy atom. The minimum Gasteiger partial charge on any atom is -0.287 e. The first-order valence-corrected chi connectivity index (χ1v) is 5.45. The lowest BCUT2D eigenvalue weighted by Crippen LogP contribution is -2.07. The van der Waals surface area contributed by atoms with E-state index in [2.05, 4.69) is 4.98 Å². The molecule has 0 fully saturated rings. The lowest BCUT2D eigenvalue weighted by molar-refractivity contribution is 0.103. The van der Waals surface area contributed by atoms with Crippen molar-refractivity contribution < 1.29 is 9.18 Å². The average Bonchev–Trinajstić information content (AvgIpc) is 2.29. The Morgan fingerprint density at radius 2 is 1.94 bits per heavy atom. The van der Waals surface area contributed by atoms with Crippen molar-refractivity contribution in [1.29, 1.82) is 0 Å². The molecule has 0 radical (unpaired) electrons. The van der Waals surface area contributed by atoms with Crippen LogP contribution in [-0.4, -0.2) is 10.8 Å². The van der Waals surface area contributed by atoms with Crippen molar-refractivity contribution in [1.82, 2.24) is 4.98 Å². The maximum atomic E-state index is 13.4. The van der Waals surface area contributed by atoms with Gasteiger partial charge in [-0.05, 0) is 18.2 Å². The van der Waals surface area contributed by atoms with E-state index in [1.165, 1.54) is 30.5 Å². The topological polar surface area (TPSA) is 30.0 Å². The number of halogens is 3. The SMILES string of the molecule is O=C(c1ccccc1F)c1ncc(Cl)cc1Cl. The number of hydrogen-bond donors (Lipinski definition) is 0. The van der Waals surface area contributed by atoms with E-state index < -0.39 is 11.6 Å². The molecule has 1 aromatic heterocycles. The van der Waals surface area contributed by atoms with E-state index in [9.17, 15) is 9.18 Å². The molecule has 0 amide bonds. The normalized spacial score (nSPS) is 10.3. The molecular weight excluding hydrogens is 264 g/mol. The van der Waals surface area contributed by atoms with Gasteiger partial charge in [0.15, 0.2) is 0 Å². The van der Waals surface area contributed by atoms with Gasteiger partial charge >= 0.3 is 0 Å². The second-order valence-electron chi connectivity index (χ2n) is 3.29.